The predicted molar refractivity (Wildman–Crippen MR) is 62.4 cm³/mol. The Balaban J connectivity index is 2.16. The van der Waals surface area contributed by atoms with E-state index in [0.29, 0.717) is 19.4 Å². The van der Waals surface area contributed by atoms with Gasteiger partial charge < -0.3 is 10.4 Å². The van der Waals surface area contributed by atoms with Gasteiger partial charge in [0.15, 0.2) is 0 Å². The zero-order valence-electron chi connectivity index (χ0n) is 8.33. The molecule has 0 aliphatic heterocycles. The highest BCUT2D eigenvalue weighted by Gasteiger charge is 2.03. The summed E-state index contributed by atoms with van der Waals surface area (Å²) in [7, 11) is 0. The van der Waals surface area contributed by atoms with Crippen molar-refractivity contribution >= 4 is 28.8 Å². The molecule has 0 unspecified atom stereocenters. The van der Waals surface area contributed by atoms with Gasteiger partial charge in [-0.15, -0.1) is 11.3 Å². The molecule has 1 aromatic rings. The molecule has 3 nitrogen and oxygen atoms in total. The molecule has 2 N–H and O–H groups in total. The number of amides is 1. The molecule has 1 aromatic heterocycles. The number of thiophene rings is 1. The van der Waals surface area contributed by atoms with Crippen molar-refractivity contribution in [3.05, 3.63) is 21.3 Å². The lowest BCUT2D eigenvalue weighted by atomic mass is 10.2. The molecule has 1 heterocycles. The summed E-state index contributed by atoms with van der Waals surface area (Å²) in [6.07, 6.45) is 1.81. The summed E-state index contributed by atoms with van der Waals surface area (Å²) in [5.74, 6) is 0.0213. The fourth-order valence-electron chi connectivity index (χ4n) is 1.12. The smallest absolute Gasteiger partial charge is 0.220 e. The van der Waals surface area contributed by atoms with E-state index in [4.69, 9.17) is 16.7 Å². The molecule has 0 saturated carbocycles. The Labute approximate surface area is 98.1 Å². The molecule has 0 bridgehead atoms. The van der Waals surface area contributed by atoms with Gasteiger partial charge in [-0.25, -0.2) is 0 Å². The lowest BCUT2D eigenvalue weighted by Crippen LogP contribution is -2.25. The first-order valence-corrected chi connectivity index (χ1v) is 6.03. The van der Waals surface area contributed by atoms with Crippen molar-refractivity contribution in [2.24, 2.45) is 0 Å². The number of halogens is 1. The maximum Gasteiger partial charge on any atom is 0.220 e. The minimum atomic E-state index is 0.0213. The van der Waals surface area contributed by atoms with E-state index in [1.807, 2.05) is 12.1 Å². The van der Waals surface area contributed by atoms with Crippen LogP contribution in [0.3, 0.4) is 0 Å². The molecule has 0 aromatic carbocycles. The summed E-state index contributed by atoms with van der Waals surface area (Å²) in [4.78, 5) is 12.4. The van der Waals surface area contributed by atoms with Gasteiger partial charge in [-0.2, -0.15) is 0 Å². The zero-order chi connectivity index (χ0) is 11.1. The molecule has 15 heavy (non-hydrogen) atoms. The fourth-order valence-corrected chi connectivity index (χ4v) is 2.21. The minimum absolute atomic E-state index is 0.0213. The zero-order valence-corrected chi connectivity index (χ0v) is 9.90. The number of rotatable bonds is 6. The Hall–Kier alpha value is -0.580. The average Bonchev–Trinajstić information content (AvgIpc) is 2.62. The first-order chi connectivity index (χ1) is 7.22. The van der Waals surface area contributed by atoms with Gasteiger partial charge in [-0.1, -0.05) is 11.6 Å². The van der Waals surface area contributed by atoms with Crippen LogP contribution in [0, 0.1) is 0 Å². The summed E-state index contributed by atoms with van der Waals surface area (Å²) in [6, 6.07) is 3.78. The molecule has 0 fully saturated rings. The quantitative estimate of drug-likeness (QED) is 0.754. The van der Waals surface area contributed by atoms with Crippen molar-refractivity contribution in [2.75, 3.05) is 13.2 Å². The van der Waals surface area contributed by atoms with Crippen molar-refractivity contribution < 1.29 is 9.90 Å². The molecule has 0 spiro atoms. The number of aryl methyl sites for hydroxylation is 1. The summed E-state index contributed by atoms with van der Waals surface area (Å²) < 4.78 is 0.755. The fraction of sp³-hybridized carbons (Fsp3) is 0.500. The minimum Gasteiger partial charge on any atom is -0.396 e. The van der Waals surface area contributed by atoms with Crippen molar-refractivity contribution in [3.63, 3.8) is 0 Å². The van der Waals surface area contributed by atoms with Crippen LogP contribution in [0.2, 0.25) is 4.34 Å². The SMILES string of the molecule is O=C(CCc1ccc(Cl)s1)NCCCO. The van der Waals surface area contributed by atoms with Crippen LogP contribution in [0.15, 0.2) is 12.1 Å². The van der Waals surface area contributed by atoms with Crippen molar-refractivity contribution in [1.82, 2.24) is 5.32 Å². The standard InChI is InChI=1S/C10H14ClNO2S/c11-9-4-2-8(15-9)3-5-10(14)12-6-1-7-13/h2,4,13H,1,3,5-7H2,(H,12,14). The van der Waals surface area contributed by atoms with Crippen molar-refractivity contribution in [3.8, 4) is 0 Å². The molecule has 0 aliphatic carbocycles. The molecule has 5 heteroatoms. The van der Waals surface area contributed by atoms with Gasteiger partial charge in [0.25, 0.3) is 0 Å². The number of carbonyl (C=O) groups is 1. The van der Waals surface area contributed by atoms with Gasteiger partial charge in [0.1, 0.15) is 0 Å². The van der Waals surface area contributed by atoms with E-state index in [2.05, 4.69) is 5.32 Å². The number of nitrogens with one attached hydrogen (secondary N) is 1. The van der Waals surface area contributed by atoms with E-state index in [1.54, 1.807) is 0 Å². The molecular weight excluding hydrogens is 234 g/mol. The summed E-state index contributed by atoms with van der Waals surface area (Å²) in [5.41, 5.74) is 0. The normalized spacial score (nSPS) is 10.3. The predicted octanol–water partition coefficient (Wildman–Crippen LogP) is 1.83. The van der Waals surface area contributed by atoms with E-state index in [1.165, 1.54) is 11.3 Å². The van der Waals surface area contributed by atoms with Crippen LogP contribution in [-0.2, 0) is 11.2 Å². The molecule has 0 atom stereocenters. The Morgan fingerprint density at radius 3 is 2.93 bits per heavy atom. The molecule has 84 valence electrons. The molecule has 0 aliphatic rings. The van der Waals surface area contributed by atoms with Crippen LogP contribution in [0.1, 0.15) is 17.7 Å². The summed E-state index contributed by atoms with van der Waals surface area (Å²) >= 11 is 7.27. The van der Waals surface area contributed by atoms with E-state index >= 15 is 0 Å². The monoisotopic (exact) mass is 247 g/mol. The molecular formula is C10H14ClNO2S. The highest BCUT2D eigenvalue weighted by molar-refractivity contribution is 7.16. The first-order valence-electron chi connectivity index (χ1n) is 4.84. The van der Waals surface area contributed by atoms with Crippen molar-refractivity contribution in [2.45, 2.75) is 19.3 Å². The summed E-state index contributed by atoms with van der Waals surface area (Å²) in [5, 5.41) is 11.3. The Morgan fingerprint density at radius 1 is 1.53 bits per heavy atom. The molecule has 0 saturated heterocycles. The van der Waals surface area contributed by atoms with Crippen LogP contribution >= 0.6 is 22.9 Å². The largest absolute Gasteiger partial charge is 0.396 e. The number of carbonyl (C=O) groups excluding carboxylic acids is 1. The lowest BCUT2D eigenvalue weighted by Gasteiger charge is -2.02. The number of hydrogen-bond acceptors (Lipinski definition) is 3. The maximum atomic E-state index is 11.3. The topological polar surface area (TPSA) is 49.3 Å². The number of aliphatic hydroxyl groups is 1. The van der Waals surface area contributed by atoms with Crippen LogP contribution < -0.4 is 5.32 Å². The van der Waals surface area contributed by atoms with Crippen molar-refractivity contribution in [1.29, 1.82) is 0 Å². The van der Waals surface area contributed by atoms with E-state index in [0.717, 1.165) is 15.6 Å². The average molecular weight is 248 g/mol. The third-order valence-corrected chi connectivity index (χ3v) is 3.18. The summed E-state index contributed by atoms with van der Waals surface area (Å²) in [6.45, 7) is 0.654. The molecule has 0 radical (unpaired) electrons. The highest BCUT2D eigenvalue weighted by Crippen LogP contribution is 2.22. The van der Waals surface area contributed by atoms with E-state index in [-0.39, 0.29) is 12.5 Å². The third kappa shape index (κ3) is 5.16. The highest BCUT2D eigenvalue weighted by atomic mass is 35.5. The second-order valence-electron chi connectivity index (χ2n) is 3.13. The van der Waals surface area contributed by atoms with Gasteiger partial charge in [-0.05, 0) is 25.0 Å². The first kappa shape index (κ1) is 12.5. The van der Waals surface area contributed by atoms with Gasteiger partial charge in [0.2, 0.25) is 5.91 Å². The molecule has 1 amide bonds. The second-order valence-corrected chi connectivity index (χ2v) is 4.93. The molecule has 1 rings (SSSR count). The third-order valence-electron chi connectivity index (χ3n) is 1.88. The van der Waals surface area contributed by atoms with E-state index in [9.17, 15) is 4.79 Å². The van der Waals surface area contributed by atoms with Crippen LogP contribution in [0.5, 0.6) is 0 Å². The van der Waals surface area contributed by atoms with Gasteiger partial charge in [0, 0.05) is 24.4 Å². The van der Waals surface area contributed by atoms with E-state index < -0.39 is 0 Å². The maximum absolute atomic E-state index is 11.3. The van der Waals surface area contributed by atoms with Gasteiger partial charge in [-0.3, -0.25) is 4.79 Å². The Bertz CT molecular complexity index is 314. The number of aliphatic hydroxyl groups excluding tert-OH is 1. The van der Waals surface area contributed by atoms with Gasteiger partial charge in [0.05, 0.1) is 4.34 Å². The van der Waals surface area contributed by atoms with Crippen LogP contribution in [0.4, 0.5) is 0 Å². The Morgan fingerprint density at radius 2 is 2.33 bits per heavy atom. The van der Waals surface area contributed by atoms with Gasteiger partial charge >= 0.3 is 0 Å². The lowest BCUT2D eigenvalue weighted by molar-refractivity contribution is -0.121. The second kappa shape index (κ2) is 6.82. The van der Waals surface area contributed by atoms with Crippen LogP contribution in [0.25, 0.3) is 0 Å². The Kier molecular flexibility index (Phi) is 5.68. The van der Waals surface area contributed by atoms with Crippen LogP contribution in [-0.4, -0.2) is 24.2 Å². The number of hydrogen-bond donors (Lipinski definition) is 2.